The van der Waals surface area contributed by atoms with Gasteiger partial charge in [-0.05, 0) is 63.4 Å². The number of hydrogen-bond donors (Lipinski definition) is 0. The summed E-state index contributed by atoms with van der Waals surface area (Å²) in [4.78, 5) is 51.5. The maximum atomic E-state index is 14.5. The molecule has 4 aromatic rings. The quantitative estimate of drug-likeness (QED) is 0.390. The standard InChI is InChI=1S/C28H25N3O4S/c1-6-11-30-20-10-8-7-9-19(20)28(26(30)34)22-23(32)18-12-14(2)15(3)13-21(18)35-24(22)25(33)31(28)27-29-16(4)17(5)36-27/h7-10,12-13H,6,11H2,1-5H3. The van der Waals surface area contributed by atoms with Crippen LogP contribution in [0.4, 0.5) is 10.8 Å². The number of aromatic nitrogens is 1. The van der Waals surface area contributed by atoms with Crippen LogP contribution in [-0.4, -0.2) is 23.3 Å². The van der Waals surface area contributed by atoms with Gasteiger partial charge < -0.3 is 9.32 Å². The SMILES string of the molecule is CCCN1C(=O)C2(c3ccccc31)c1c(oc3cc(C)c(C)cc3c1=O)C(=O)N2c1nc(C)c(C)s1. The molecule has 7 nitrogen and oxygen atoms in total. The molecular weight excluding hydrogens is 474 g/mol. The van der Waals surface area contributed by atoms with Crippen LogP contribution in [0.3, 0.4) is 0 Å². The molecule has 0 bridgehead atoms. The van der Waals surface area contributed by atoms with E-state index in [1.807, 2.05) is 58.9 Å². The van der Waals surface area contributed by atoms with Gasteiger partial charge >= 0.3 is 0 Å². The fraction of sp³-hybridized carbons (Fsp3) is 0.286. The summed E-state index contributed by atoms with van der Waals surface area (Å²) in [6, 6.07) is 11.0. The Morgan fingerprint density at radius 2 is 1.75 bits per heavy atom. The zero-order chi connectivity index (χ0) is 25.5. The van der Waals surface area contributed by atoms with Crippen molar-refractivity contribution in [2.75, 3.05) is 16.3 Å². The molecule has 2 amide bonds. The Kier molecular flexibility index (Phi) is 4.79. The van der Waals surface area contributed by atoms with E-state index in [1.54, 1.807) is 17.0 Å². The number of anilines is 2. The van der Waals surface area contributed by atoms with Crippen molar-refractivity contribution in [1.29, 1.82) is 0 Å². The number of amides is 2. The number of carbonyl (C=O) groups excluding carboxylic acids is 2. The third-order valence-electron chi connectivity index (χ3n) is 7.40. The zero-order valence-electron chi connectivity index (χ0n) is 20.8. The average molecular weight is 500 g/mol. The van der Waals surface area contributed by atoms with Crippen LogP contribution in [0.1, 0.15) is 56.7 Å². The Bertz CT molecular complexity index is 1660. The van der Waals surface area contributed by atoms with Gasteiger partial charge in [0.2, 0.25) is 5.76 Å². The fourth-order valence-electron chi connectivity index (χ4n) is 5.42. The Labute approximate surface area is 212 Å². The van der Waals surface area contributed by atoms with Gasteiger partial charge in [-0.1, -0.05) is 25.1 Å². The van der Waals surface area contributed by atoms with Crippen molar-refractivity contribution in [3.8, 4) is 0 Å². The van der Waals surface area contributed by atoms with Crippen molar-refractivity contribution in [3.05, 3.63) is 85.2 Å². The van der Waals surface area contributed by atoms with Crippen molar-refractivity contribution < 1.29 is 14.0 Å². The van der Waals surface area contributed by atoms with Gasteiger partial charge in [0, 0.05) is 17.0 Å². The highest BCUT2D eigenvalue weighted by molar-refractivity contribution is 7.16. The maximum absolute atomic E-state index is 14.5. The number of para-hydroxylation sites is 1. The minimum Gasteiger partial charge on any atom is -0.450 e. The third-order valence-corrected chi connectivity index (χ3v) is 8.45. The van der Waals surface area contributed by atoms with Crippen LogP contribution in [0.25, 0.3) is 11.0 Å². The van der Waals surface area contributed by atoms with Crippen LogP contribution >= 0.6 is 11.3 Å². The number of thiazole rings is 1. The molecule has 1 spiro atoms. The van der Waals surface area contributed by atoms with Gasteiger partial charge in [-0.25, -0.2) is 4.98 Å². The van der Waals surface area contributed by atoms with Crippen LogP contribution in [0, 0.1) is 27.7 Å². The molecule has 2 aromatic heterocycles. The Morgan fingerprint density at radius 3 is 2.44 bits per heavy atom. The van der Waals surface area contributed by atoms with Gasteiger partial charge in [-0.3, -0.25) is 19.3 Å². The predicted molar refractivity (Wildman–Crippen MR) is 140 cm³/mol. The van der Waals surface area contributed by atoms with Gasteiger partial charge in [-0.15, -0.1) is 11.3 Å². The van der Waals surface area contributed by atoms with Crippen molar-refractivity contribution in [3.63, 3.8) is 0 Å². The lowest BCUT2D eigenvalue weighted by Crippen LogP contribution is -2.53. The molecule has 2 aliphatic rings. The van der Waals surface area contributed by atoms with Crippen molar-refractivity contribution in [2.24, 2.45) is 0 Å². The molecule has 1 unspecified atom stereocenters. The van der Waals surface area contributed by atoms with Crippen molar-refractivity contribution in [2.45, 2.75) is 46.6 Å². The number of aryl methyl sites for hydroxylation is 4. The lowest BCUT2D eigenvalue weighted by atomic mass is 9.84. The van der Waals surface area contributed by atoms with Gasteiger partial charge in [0.15, 0.2) is 16.1 Å². The number of rotatable bonds is 3. The summed E-state index contributed by atoms with van der Waals surface area (Å²) < 4.78 is 6.18. The third kappa shape index (κ3) is 2.67. The summed E-state index contributed by atoms with van der Waals surface area (Å²) in [5.41, 5.74) is 2.31. The van der Waals surface area contributed by atoms with E-state index in [4.69, 9.17) is 4.42 Å². The van der Waals surface area contributed by atoms with E-state index in [0.29, 0.717) is 33.9 Å². The Morgan fingerprint density at radius 1 is 1.03 bits per heavy atom. The van der Waals surface area contributed by atoms with E-state index < -0.39 is 11.4 Å². The molecule has 182 valence electrons. The largest absolute Gasteiger partial charge is 0.450 e. The molecule has 0 saturated heterocycles. The molecule has 0 saturated carbocycles. The van der Waals surface area contributed by atoms with Crippen LogP contribution < -0.4 is 15.2 Å². The van der Waals surface area contributed by atoms with Gasteiger partial charge in [-0.2, -0.15) is 0 Å². The molecular formula is C28H25N3O4S. The first kappa shape index (κ1) is 22.7. The Hall–Kier alpha value is -3.78. The van der Waals surface area contributed by atoms with E-state index in [2.05, 4.69) is 4.98 Å². The summed E-state index contributed by atoms with van der Waals surface area (Å²) in [7, 11) is 0. The molecule has 0 N–H and O–H groups in total. The topological polar surface area (TPSA) is 83.7 Å². The van der Waals surface area contributed by atoms with Crippen LogP contribution in [0.2, 0.25) is 0 Å². The molecule has 1 atom stereocenters. The zero-order valence-corrected chi connectivity index (χ0v) is 21.6. The van der Waals surface area contributed by atoms with E-state index in [9.17, 15) is 14.4 Å². The van der Waals surface area contributed by atoms with Crippen molar-refractivity contribution >= 4 is 44.9 Å². The molecule has 36 heavy (non-hydrogen) atoms. The summed E-state index contributed by atoms with van der Waals surface area (Å²) >= 11 is 1.33. The first-order chi connectivity index (χ1) is 17.2. The normalized spacial score (nSPS) is 18.6. The Balaban J connectivity index is 1.78. The summed E-state index contributed by atoms with van der Waals surface area (Å²) in [5.74, 6) is -0.959. The lowest BCUT2D eigenvalue weighted by Gasteiger charge is -2.32. The number of nitrogens with zero attached hydrogens (tertiary/aromatic N) is 3. The fourth-order valence-corrected chi connectivity index (χ4v) is 6.38. The number of fused-ring (bicyclic) bond motifs is 5. The second-order valence-electron chi connectivity index (χ2n) is 9.53. The molecule has 0 fully saturated rings. The molecule has 4 heterocycles. The second-order valence-corrected chi connectivity index (χ2v) is 10.7. The van der Waals surface area contributed by atoms with E-state index >= 15 is 0 Å². The van der Waals surface area contributed by atoms with E-state index in [0.717, 1.165) is 28.1 Å². The highest BCUT2D eigenvalue weighted by Crippen LogP contribution is 2.54. The second kappa shape index (κ2) is 7.61. The average Bonchev–Trinajstić information content (AvgIpc) is 3.40. The highest BCUT2D eigenvalue weighted by atomic mass is 32.1. The minimum absolute atomic E-state index is 0.0739. The van der Waals surface area contributed by atoms with E-state index in [1.165, 1.54) is 16.2 Å². The number of benzene rings is 2. The first-order valence-electron chi connectivity index (χ1n) is 12.0. The molecule has 8 heteroatoms. The lowest BCUT2D eigenvalue weighted by molar-refractivity contribution is -0.121. The van der Waals surface area contributed by atoms with Gasteiger partial charge in [0.1, 0.15) is 5.58 Å². The molecule has 2 aliphatic heterocycles. The summed E-state index contributed by atoms with van der Waals surface area (Å²) in [6.45, 7) is 10.1. The monoisotopic (exact) mass is 499 g/mol. The molecule has 6 rings (SSSR count). The minimum atomic E-state index is -1.68. The van der Waals surface area contributed by atoms with Gasteiger partial charge in [0.25, 0.3) is 11.8 Å². The summed E-state index contributed by atoms with van der Waals surface area (Å²) in [6.07, 6.45) is 0.719. The van der Waals surface area contributed by atoms with Crippen LogP contribution in [-0.2, 0) is 10.3 Å². The molecule has 0 radical (unpaired) electrons. The van der Waals surface area contributed by atoms with Crippen LogP contribution in [0.5, 0.6) is 0 Å². The predicted octanol–water partition coefficient (Wildman–Crippen LogP) is 5.14. The van der Waals surface area contributed by atoms with E-state index in [-0.39, 0.29) is 22.7 Å². The molecule has 2 aromatic carbocycles. The number of carbonyl (C=O) groups is 2. The highest BCUT2D eigenvalue weighted by Gasteiger charge is 2.66. The number of hydrogen-bond acceptors (Lipinski definition) is 6. The molecule has 0 aliphatic carbocycles. The van der Waals surface area contributed by atoms with Gasteiger partial charge in [0.05, 0.1) is 22.3 Å². The summed E-state index contributed by atoms with van der Waals surface area (Å²) in [5, 5.41) is 0.732. The smallest absolute Gasteiger partial charge is 0.297 e. The van der Waals surface area contributed by atoms with Crippen LogP contribution in [0.15, 0.2) is 45.6 Å². The van der Waals surface area contributed by atoms with Crippen molar-refractivity contribution in [1.82, 2.24) is 4.98 Å². The first-order valence-corrected chi connectivity index (χ1v) is 12.8. The maximum Gasteiger partial charge on any atom is 0.297 e.